The minimum absolute atomic E-state index is 0.0525. The Bertz CT molecular complexity index is 1770. The van der Waals surface area contributed by atoms with Gasteiger partial charge < -0.3 is 15.1 Å². The minimum Gasteiger partial charge on any atom is -0.379 e. The summed E-state index contributed by atoms with van der Waals surface area (Å²) in [6, 6.07) is 16.1. The number of imide groups is 1. The normalized spacial score (nSPS) is 24.7. The van der Waals surface area contributed by atoms with Crippen molar-refractivity contribution >= 4 is 23.2 Å². The molecule has 10 nitrogen and oxygen atoms in total. The molecule has 4 aliphatic heterocycles. The van der Waals surface area contributed by atoms with Gasteiger partial charge >= 0.3 is 0 Å². The molecule has 0 saturated carbocycles. The molecule has 0 radical (unpaired) electrons. The number of aromatic nitrogens is 2. The van der Waals surface area contributed by atoms with Gasteiger partial charge in [-0.15, -0.1) is 0 Å². The van der Waals surface area contributed by atoms with Gasteiger partial charge in [-0.05, 0) is 118 Å². The number of nitrogens with one attached hydrogen (secondary N) is 2. The van der Waals surface area contributed by atoms with Crippen molar-refractivity contribution in [3.05, 3.63) is 86.8 Å². The molecule has 10 heteroatoms. The van der Waals surface area contributed by atoms with Crippen LogP contribution in [0.2, 0.25) is 0 Å². The molecule has 3 unspecified atom stereocenters. The topological polar surface area (TPSA) is 103 Å². The van der Waals surface area contributed by atoms with Crippen LogP contribution in [0, 0.1) is 19.3 Å². The Kier molecular flexibility index (Phi) is 9.85. The van der Waals surface area contributed by atoms with Crippen LogP contribution in [0.5, 0.6) is 0 Å². The van der Waals surface area contributed by atoms with E-state index in [1.54, 1.807) is 13.2 Å². The molecule has 3 atom stereocenters. The third-order valence-corrected chi connectivity index (χ3v) is 12.2. The number of rotatable bonds is 7. The molecule has 266 valence electrons. The molecular formula is C40H53N7O3. The number of benzene rings is 2. The predicted octanol–water partition coefficient (Wildman–Crippen LogP) is 4.70. The van der Waals surface area contributed by atoms with E-state index in [9.17, 15) is 14.4 Å². The van der Waals surface area contributed by atoms with Crippen molar-refractivity contribution in [2.45, 2.75) is 83.2 Å². The largest absolute Gasteiger partial charge is 0.379 e. The van der Waals surface area contributed by atoms with Gasteiger partial charge in [-0.2, -0.15) is 5.10 Å². The number of piperidine rings is 4. The van der Waals surface area contributed by atoms with E-state index < -0.39 is 0 Å². The Morgan fingerprint density at radius 1 is 0.920 bits per heavy atom. The number of hydrogen-bond donors (Lipinski definition) is 2. The zero-order valence-electron chi connectivity index (χ0n) is 30.2. The summed E-state index contributed by atoms with van der Waals surface area (Å²) in [4.78, 5) is 44.0. The first-order chi connectivity index (χ1) is 24.1. The molecule has 5 heterocycles. The molecule has 50 heavy (non-hydrogen) atoms. The van der Waals surface area contributed by atoms with Crippen molar-refractivity contribution in [2.24, 2.45) is 12.5 Å². The number of carbonyl (C=O) groups excluding carboxylic acids is 2. The maximum Gasteiger partial charge on any atom is 0.271 e. The zero-order valence-corrected chi connectivity index (χ0v) is 30.2. The Hall–Kier alpha value is -4.02. The van der Waals surface area contributed by atoms with Gasteiger partial charge in [0, 0.05) is 63.5 Å². The fourth-order valence-corrected chi connectivity index (χ4v) is 9.00. The van der Waals surface area contributed by atoms with Crippen LogP contribution in [0.1, 0.15) is 84.6 Å². The highest BCUT2D eigenvalue weighted by Crippen LogP contribution is 2.43. The molecule has 1 spiro atoms. The summed E-state index contributed by atoms with van der Waals surface area (Å²) < 4.78 is 1.39. The van der Waals surface area contributed by atoms with Crippen LogP contribution in [-0.4, -0.2) is 83.8 Å². The molecule has 4 fully saturated rings. The summed E-state index contributed by atoms with van der Waals surface area (Å²) in [5.41, 5.74) is 8.14. The number of amides is 2. The van der Waals surface area contributed by atoms with Gasteiger partial charge in [0.15, 0.2) is 0 Å². The van der Waals surface area contributed by atoms with Gasteiger partial charge in [0.2, 0.25) is 11.8 Å². The Morgan fingerprint density at radius 2 is 1.64 bits per heavy atom. The fourth-order valence-electron chi connectivity index (χ4n) is 9.00. The van der Waals surface area contributed by atoms with E-state index in [1.807, 2.05) is 6.92 Å². The third kappa shape index (κ3) is 7.37. The summed E-state index contributed by atoms with van der Waals surface area (Å²) in [7, 11) is 3.87. The molecular weight excluding hydrogens is 626 g/mol. The lowest BCUT2D eigenvalue weighted by atomic mass is 9.71. The summed E-state index contributed by atoms with van der Waals surface area (Å²) in [6.45, 7) is 11.4. The lowest BCUT2D eigenvalue weighted by Crippen LogP contribution is -2.46. The number of aryl methyl sites for hydroxylation is 2. The van der Waals surface area contributed by atoms with Crippen molar-refractivity contribution in [1.82, 2.24) is 24.9 Å². The van der Waals surface area contributed by atoms with E-state index >= 15 is 0 Å². The van der Waals surface area contributed by atoms with Crippen LogP contribution in [0.15, 0.2) is 53.5 Å². The average Bonchev–Trinajstić information content (AvgIpc) is 3.10. The van der Waals surface area contributed by atoms with E-state index in [-0.39, 0.29) is 29.3 Å². The molecule has 3 aromatic rings. The fraction of sp³-hybridized carbons (Fsp3) is 0.550. The predicted molar refractivity (Wildman–Crippen MR) is 198 cm³/mol. The number of likely N-dealkylation sites (N-methyl/N-ethyl adjacent to an activating group) is 1. The third-order valence-electron chi connectivity index (χ3n) is 12.2. The lowest BCUT2D eigenvalue weighted by molar-refractivity contribution is -0.134. The van der Waals surface area contributed by atoms with E-state index in [1.165, 1.54) is 47.2 Å². The average molecular weight is 680 g/mol. The van der Waals surface area contributed by atoms with Crippen molar-refractivity contribution in [3.63, 3.8) is 0 Å². The molecule has 4 saturated heterocycles. The van der Waals surface area contributed by atoms with E-state index in [4.69, 9.17) is 0 Å². The smallest absolute Gasteiger partial charge is 0.271 e. The number of carbonyl (C=O) groups is 2. The Balaban J connectivity index is 0.888. The van der Waals surface area contributed by atoms with Crippen LogP contribution in [0.25, 0.3) is 0 Å². The Morgan fingerprint density at radius 3 is 2.34 bits per heavy atom. The second-order valence-corrected chi connectivity index (χ2v) is 15.7. The molecule has 2 amide bonds. The van der Waals surface area contributed by atoms with Crippen molar-refractivity contribution in [3.8, 4) is 0 Å². The second-order valence-electron chi connectivity index (χ2n) is 15.7. The maximum atomic E-state index is 12.4. The minimum atomic E-state index is -0.230. The van der Waals surface area contributed by atoms with Gasteiger partial charge in [0.25, 0.3) is 5.56 Å². The van der Waals surface area contributed by atoms with Crippen LogP contribution >= 0.6 is 0 Å². The monoisotopic (exact) mass is 679 g/mol. The Labute approximate surface area is 296 Å². The molecule has 4 aliphatic rings. The number of anilines is 2. The van der Waals surface area contributed by atoms with E-state index in [0.29, 0.717) is 24.2 Å². The number of hydrogen-bond acceptors (Lipinski definition) is 8. The molecule has 2 aromatic carbocycles. The van der Waals surface area contributed by atoms with Gasteiger partial charge in [0.1, 0.15) is 0 Å². The SMILES string of the molecule is Cc1cc(N2CCC3(CCN(Cc4ccc(C5CC(Nc6cnn(C)c(=O)c6C)CN(C)C5)cc4)CC3)CC2)ccc1C1CCC(=O)NC1=O. The van der Waals surface area contributed by atoms with E-state index in [0.717, 1.165) is 74.6 Å². The van der Waals surface area contributed by atoms with Crippen LogP contribution in [0.4, 0.5) is 11.4 Å². The first kappa shape index (κ1) is 34.4. The summed E-state index contributed by atoms with van der Waals surface area (Å²) in [6.07, 6.45) is 8.78. The number of nitrogens with zero attached hydrogens (tertiary/aromatic N) is 5. The van der Waals surface area contributed by atoms with Gasteiger partial charge in [-0.1, -0.05) is 30.3 Å². The number of likely N-dealkylation sites (tertiary alicyclic amines) is 2. The summed E-state index contributed by atoms with van der Waals surface area (Å²) in [5.74, 6) is -0.120. The summed E-state index contributed by atoms with van der Waals surface area (Å²) in [5, 5.41) is 10.3. The first-order valence-corrected chi connectivity index (χ1v) is 18.5. The highest BCUT2D eigenvalue weighted by atomic mass is 16.2. The molecule has 7 rings (SSSR count). The van der Waals surface area contributed by atoms with Gasteiger partial charge in [0.05, 0.1) is 17.8 Å². The molecule has 1 aromatic heterocycles. The zero-order chi connectivity index (χ0) is 35.0. The highest BCUT2D eigenvalue weighted by Gasteiger charge is 2.38. The highest BCUT2D eigenvalue weighted by molar-refractivity contribution is 6.01. The molecule has 2 N–H and O–H groups in total. The maximum absolute atomic E-state index is 12.4. The summed E-state index contributed by atoms with van der Waals surface area (Å²) >= 11 is 0. The van der Waals surface area contributed by atoms with Crippen LogP contribution in [-0.2, 0) is 23.2 Å². The van der Waals surface area contributed by atoms with Gasteiger partial charge in [-0.3, -0.25) is 24.6 Å². The van der Waals surface area contributed by atoms with E-state index in [2.05, 4.69) is 86.9 Å². The second kappa shape index (κ2) is 14.3. The quantitative estimate of drug-likeness (QED) is 0.347. The molecule has 0 aliphatic carbocycles. The van der Waals surface area contributed by atoms with Crippen molar-refractivity contribution < 1.29 is 9.59 Å². The van der Waals surface area contributed by atoms with Crippen LogP contribution < -0.4 is 21.1 Å². The molecule has 0 bridgehead atoms. The van der Waals surface area contributed by atoms with Crippen molar-refractivity contribution in [1.29, 1.82) is 0 Å². The lowest BCUT2D eigenvalue weighted by Gasteiger charge is -2.47. The van der Waals surface area contributed by atoms with Crippen LogP contribution in [0.3, 0.4) is 0 Å². The first-order valence-electron chi connectivity index (χ1n) is 18.5. The van der Waals surface area contributed by atoms with Crippen molar-refractivity contribution in [2.75, 3.05) is 56.5 Å². The van der Waals surface area contributed by atoms with Gasteiger partial charge in [-0.25, -0.2) is 4.68 Å². The standard InChI is InChI=1S/C40H53N7O3/c1-27-21-33(9-10-34(27)35-11-12-37(48)43-38(35)49)47-19-15-40(16-20-47)13-17-46(18-14-40)24-29-5-7-30(8-6-29)31-22-32(26-44(3)25-31)42-36-23-41-45(4)39(50)28(36)2/h5-10,21,23,31-32,35,42H,11-20,22,24-26H2,1-4H3,(H,43,48,49).